The summed E-state index contributed by atoms with van der Waals surface area (Å²) in [5, 5.41) is 0. The molecule has 0 N–H and O–H groups in total. The third kappa shape index (κ3) is 3.94. The highest BCUT2D eigenvalue weighted by molar-refractivity contribution is 5.05. The van der Waals surface area contributed by atoms with Gasteiger partial charge >= 0.3 is 0 Å². The minimum atomic E-state index is 0. The van der Waals surface area contributed by atoms with Crippen molar-refractivity contribution < 1.29 is 21.5 Å². The first-order chi connectivity index (χ1) is 4.93. The van der Waals surface area contributed by atoms with E-state index in [1.807, 2.05) is 35.2 Å². The van der Waals surface area contributed by atoms with Crippen LogP contribution in [0, 0.1) is 0 Å². The Kier molecular flexibility index (Phi) is 5.75. The number of rotatable bonds is 2. The lowest BCUT2D eigenvalue weighted by molar-refractivity contribution is -0.568. The summed E-state index contributed by atoms with van der Waals surface area (Å²) in [6.07, 6.45) is 9.31. The highest BCUT2D eigenvalue weighted by atomic mass is 79.9. The van der Waals surface area contributed by atoms with Crippen molar-refractivity contribution in [2.24, 2.45) is 0 Å². The van der Waals surface area contributed by atoms with Crippen molar-refractivity contribution >= 4 is 6.20 Å². The first-order valence-corrected chi connectivity index (χ1v) is 3.56. The van der Waals surface area contributed by atoms with Crippen molar-refractivity contribution in [3.05, 3.63) is 36.7 Å². The van der Waals surface area contributed by atoms with Gasteiger partial charge in [-0.3, -0.25) is 0 Å². The van der Waals surface area contributed by atoms with Crippen LogP contribution >= 0.6 is 0 Å². The Balaban J connectivity index is 0.000001000. The molecular formula is C9H12BrN. The predicted octanol–water partition coefficient (Wildman–Crippen LogP) is -1.14. The maximum atomic E-state index is 2.12. The molecule has 0 saturated heterocycles. The molecule has 0 bridgehead atoms. The Labute approximate surface area is 78.1 Å². The van der Waals surface area contributed by atoms with Gasteiger partial charge in [0.2, 0.25) is 0 Å². The number of hydrogen-bond acceptors (Lipinski definition) is 0. The van der Waals surface area contributed by atoms with Gasteiger partial charge in [-0.15, -0.1) is 0 Å². The largest absolute Gasteiger partial charge is 1.00 e. The first-order valence-electron chi connectivity index (χ1n) is 3.56. The molecule has 0 amide bonds. The summed E-state index contributed by atoms with van der Waals surface area (Å²) in [5.74, 6) is 0. The van der Waals surface area contributed by atoms with Crippen molar-refractivity contribution in [2.75, 3.05) is 0 Å². The molecule has 1 nitrogen and oxygen atoms in total. The molecular weight excluding hydrogens is 202 g/mol. The Morgan fingerprint density at radius 2 is 1.82 bits per heavy atom. The molecule has 0 saturated carbocycles. The van der Waals surface area contributed by atoms with Crippen molar-refractivity contribution in [2.45, 2.75) is 13.3 Å². The second-order valence-corrected chi connectivity index (χ2v) is 2.12. The van der Waals surface area contributed by atoms with E-state index in [4.69, 9.17) is 0 Å². The van der Waals surface area contributed by atoms with Crippen LogP contribution in [0.3, 0.4) is 0 Å². The van der Waals surface area contributed by atoms with Crippen LogP contribution in [0.2, 0.25) is 0 Å². The molecule has 0 radical (unpaired) electrons. The molecule has 1 aromatic rings. The number of aromatic nitrogens is 1. The zero-order chi connectivity index (χ0) is 7.23. The van der Waals surface area contributed by atoms with Gasteiger partial charge in [0.25, 0.3) is 0 Å². The van der Waals surface area contributed by atoms with Gasteiger partial charge in [-0.2, -0.15) is 4.57 Å². The number of nitrogens with zero attached hydrogens (tertiary/aromatic N) is 1. The fourth-order valence-corrected chi connectivity index (χ4v) is 0.738. The van der Waals surface area contributed by atoms with Gasteiger partial charge in [-0.25, -0.2) is 0 Å². The maximum absolute atomic E-state index is 2.12. The topological polar surface area (TPSA) is 3.88 Å². The lowest BCUT2D eigenvalue weighted by Crippen LogP contribution is -3.00. The van der Waals surface area contributed by atoms with Crippen molar-refractivity contribution in [1.82, 2.24) is 0 Å². The Bertz CT molecular complexity index is 206. The second kappa shape index (κ2) is 6.10. The van der Waals surface area contributed by atoms with Gasteiger partial charge in [-0.1, -0.05) is 13.0 Å². The molecule has 2 heteroatoms. The Morgan fingerprint density at radius 1 is 1.18 bits per heavy atom. The lowest BCUT2D eigenvalue weighted by Gasteiger charge is -1.82. The molecule has 1 aromatic heterocycles. The monoisotopic (exact) mass is 213 g/mol. The number of allylic oxidation sites excluding steroid dienone is 1. The predicted molar refractivity (Wildman–Crippen MR) is 42.3 cm³/mol. The summed E-state index contributed by atoms with van der Waals surface area (Å²) in [7, 11) is 0. The van der Waals surface area contributed by atoms with Gasteiger partial charge in [0.15, 0.2) is 18.6 Å². The van der Waals surface area contributed by atoms with Crippen molar-refractivity contribution in [3.8, 4) is 0 Å². The standard InChI is InChI=1S/C9H12N.BrH/c1-2-3-7-10-8-5-4-6-9-10;/h3-9H,2H2,1H3;1H/q+1;/p-1. The number of pyridine rings is 1. The van der Waals surface area contributed by atoms with E-state index < -0.39 is 0 Å². The number of hydrogen-bond donors (Lipinski definition) is 0. The molecule has 1 rings (SSSR count). The van der Waals surface area contributed by atoms with Crippen LogP contribution in [0.5, 0.6) is 0 Å². The third-order valence-corrected chi connectivity index (χ3v) is 1.25. The van der Waals surface area contributed by atoms with E-state index in [0.29, 0.717) is 0 Å². The van der Waals surface area contributed by atoms with Crippen LogP contribution in [0.15, 0.2) is 36.7 Å². The van der Waals surface area contributed by atoms with E-state index in [1.165, 1.54) is 0 Å². The summed E-state index contributed by atoms with van der Waals surface area (Å²) in [6, 6.07) is 6.04. The summed E-state index contributed by atoms with van der Waals surface area (Å²) >= 11 is 0. The zero-order valence-corrected chi connectivity index (χ0v) is 8.16. The molecule has 0 aliphatic heterocycles. The lowest BCUT2D eigenvalue weighted by atomic mass is 10.4. The number of halogens is 1. The van der Waals surface area contributed by atoms with Crippen molar-refractivity contribution in [1.29, 1.82) is 0 Å². The Hall–Kier alpha value is -0.630. The normalized spacial score (nSPS) is 9.55. The van der Waals surface area contributed by atoms with E-state index in [-0.39, 0.29) is 17.0 Å². The SMILES string of the molecule is CCC=C[n+]1ccccc1.[Br-]. The highest BCUT2D eigenvalue weighted by Gasteiger charge is 1.86. The van der Waals surface area contributed by atoms with Crippen molar-refractivity contribution in [3.63, 3.8) is 0 Å². The van der Waals surface area contributed by atoms with Gasteiger partial charge < -0.3 is 17.0 Å². The van der Waals surface area contributed by atoms with Gasteiger partial charge in [0.1, 0.15) is 0 Å². The minimum absolute atomic E-state index is 0. The van der Waals surface area contributed by atoms with E-state index in [1.54, 1.807) is 0 Å². The van der Waals surface area contributed by atoms with Gasteiger partial charge in [0, 0.05) is 12.1 Å². The smallest absolute Gasteiger partial charge is 0.174 e. The molecule has 0 aromatic carbocycles. The van der Waals surface area contributed by atoms with E-state index in [0.717, 1.165) is 6.42 Å². The molecule has 11 heavy (non-hydrogen) atoms. The molecule has 1 heterocycles. The van der Waals surface area contributed by atoms with E-state index in [9.17, 15) is 0 Å². The average Bonchev–Trinajstić information content (AvgIpc) is 2.03. The van der Waals surface area contributed by atoms with Crippen LogP contribution in [0.1, 0.15) is 13.3 Å². The molecule has 0 atom stereocenters. The molecule has 0 fully saturated rings. The molecule has 0 spiro atoms. The summed E-state index contributed by atoms with van der Waals surface area (Å²) in [4.78, 5) is 0. The summed E-state index contributed by atoms with van der Waals surface area (Å²) < 4.78 is 2.03. The van der Waals surface area contributed by atoms with E-state index >= 15 is 0 Å². The second-order valence-electron chi connectivity index (χ2n) is 2.12. The van der Waals surface area contributed by atoms with Crippen LogP contribution < -0.4 is 21.5 Å². The molecule has 0 aliphatic rings. The fraction of sp³-hybridized carbons (Fsp3) is 0.222. The minimum Gasteiger partial charge on any atom is -1.00 e. The van der Waals surface area contributed by atoms with Gasteiger partial charge in [0.05, 0.1) is 0 Å². The third-order valence-electron chi connectivity index (χ3n) is 1.25. The molecule has 60 valence electrons. The van der Waals surface area contributed by atoms with Gasteiger partial charge in [-0.05, 0) is 12.5 Å². The first kappa shape index (κ1) is 10.4. The summed E-state index contributed by atoms with van der Waals surface area (Å²) in [5.41, 5.74) is 0. The average molecular weight is 214 g/mol. The zero-order valence-electron chi connectivity index (χ0n) is 6.57. The molecule has 0 unspecified atom stereocenters. The fourth-order valence-electron chi connectivity index (χ4n) is 0.738. The Morgan fingerprint density at radius 3 is 2.36 bits per heavy atom. The van der Waals surface area contributed by atoms with E-state index in [2.05, 4.69) is 19.2 Å². The quantitative estimate of drug-likeness (QED) is 0.548. The maximum Gasteiger partial charge on any atom is 0.174 e. The van der Waals surface area contributed by atoms with Crippen LogP contribution in [0.4, 0.5) is 0 Å². The molecule has 0 aliphatic carbocycles. The van der Waals surface area contributed by atoms with Crippen LogP contribution in [0.25, 0.3) is 6.20 Å². The van der Waals surface area contributed by atoms with Crippen LogP contribution in [-0.4, -0.2) is 0 Å². The highest BCUT2D eigenvalue weighted by Crippen LogP contribution is 1.80. The summed E-state index contributed by atoms with van der Waals surface area (Å²) in [6.45, 7) is 2.12. The van der Waals surface area contributed by atoms with Crippen LogP contribution in [-0.2, 0) is 0 Å².